The summed E-state index contributed by atoms with van der Waals surface area (Å²) in [5.74, 6) is 0.850. The number of nitrogens with one attached hydrogen (secondary N) is 1. The Morgan fingerprint density at radius 1 is 1.52 bits per heavy atom. The predicted octanol–water partition coefficient (Wildman–Crippen LogP) is 2.87. The fraction of sp³-hybridized carbons (Fsp3) is 0.562. The number of nitrogen functional groups attached to an aromatic ring is 1. The van der Waals surface area contributed by atoms with E-state index in [1.165, 1.54) is 12.8 Å². The van der Waals surface area contributed by atoms with Crippen LogP contribution in [-0.2, 0) is 11.3 Å². The molecule has 1 aliphatic rings. The third kappa shape index (κ3) is 4.43. The van der Waals surface area contributed by atoms with Crippen LogP contribution in [0.5, 0.6) is 0 Å². The minimum Gasteiger partial charge on any atom is -0.384 e. The Labute approximate surface area is 131 Å². The van der Waals surface area contributed by atoms with Gasteiger partial charge in [-0.1, -0.05) is 23.7 Å². The first-order valence-electron chi connectivity index (χ1n) is 7.38. The van der Waals surface area contributed by atoms with E-state index in [-0.39, 0.29) is 5.84 Å². The number of halogens is 1. The first-order chi connectivity index (χ1) is 10.0. The van der Waals surface area contributed by atoms with E-state index >= 15 is 0 Å². The number of hydrogen-bond acceptors (Lipinski definition) is 3. The third-order valence-electron chi connectivity index (χ3n) is 4.20. The summed E-state index contributed by atoms with van der Waals surface area (Å²) < 4.78 is 5.22. The Balaban J connectivity index is 2.09. The van der Waals surface area contributed by atoms with Gasteiger partial charge < -0.3 is 10.5 Å². The third-order valence-corrected chi connectivity index (χ3v) is 4.55. The van der Waals surface area contributed by atoms with Gasteiger partial charge >= 0.3 is 0 Å². The second-order valence-electron chi connectivity index (χ2n) is 5.76. The molecule has 0 amide bonds. The Bertz CT molecular complexity index is 502. The molecule has 0 spiro atoms. The first kappa shape index (κ1) is 16.3. The number of benzene rings is 1. The summed E-state index contributed by atoms with van der Waals surface area (Å²) in [7, 11) is 1.73. The van der Waals surface area contributed by atoms with Crippen LogP contribution in [0.25, 0.3) is 0 Å². The smallest absolute Gasteiger partial charge is 0.122 e. The molecule has 0 aromatic heterocycles. The number of rotatable bonds is 8. The number of nitrogens with zero attached hydrogens (tertiary/aromatic N) is 1. The molecule has 0 aliphatic heterocycles. The van der Waals surface area contributed by atoms with Gasteiger partial charge in [-0.05, 0) is 37.3 Å². The minimum absolute atomic E-state index is 0.0473. The first-order valence-corrected chi connectivity index (χ1v) is 7.76. The number of hydrogen-bond donors (Lipinski definition) is 2. The van der Waals surface area contributed by atoms with Gasteiger partial charge in [-0.25, -0.2) is 0 Å². The van der Waals surface area contributed by atoms with Crippen LogP contribution in [0.3, 0.4) is 0 Å². The summed E-state index contributed by atoms with van der Waals surface area (Å²) in [6.07, 6.45) is 2.64. The van der Waals surface area contributed by atoms with Gasteiger partial charge in [0.2, 0.25) is 0 Å². The van der Waals surface area contributed by atoms with E-state index in [1.807, 2.05) is 12.1 Å². The average Bonchev–Trinajstić information content (AvgIpc) is 3.28. The Morgan fingerprint density at radius 3 is 2.76 bits per heavy atom. The summed E-state index contributed by atoms with van der Waals surface area (Å²) in [6.45, 7) is 4.71. The lowest BCUT2D eigenvalue weighted by atomic mass is 10.1. The maximum atomic E-state index is 7.46. The van der Waals surface area contributed by atoms with E-state index in [0.717, 1.165) is 31.2 Å². The highest BCUT2D eigenvalue weighted by Crippen LogP contribution is 2.36. The van der Waals surface area contributed by atoms with E-state index < -0.39 is 0 Å². The molecule has 1 aliphatic carbocycles. The van der Waals surface area contributed by atoms with Crippen molar-refractivity contribution in [3.8, 4) is 0 Å². The lowest BCUT2D eigenvalue weighted by Crippen LogP contribution is -2.36. The molecule has 2 rings (SSSR count). The van der Waals surface area contributed by atoms with Crippen LogP contribution in [0, 0.1) is 11.3 Å². The molecule has 21 heavy (non-hydrogen) atoms. The second-order valence-corrected chi connectivity index (χ2v) is 6.17. The molecule has 0 radical (unpaired) electrons. The maximum Gasteiger partial charge on any atom is 0.122 e. The van der Waals surface area contributed by atoms with Crippen LogP contribution in [0.4, 0.5) is 0 Å². The Kier molecular flexibility index (Phi) is 5.62. The zero-order chi connectivity index (χ0) is 15.4. The predicted molar refractivity (Wildman–Crippen MR) is 86.9 cm³/mol. The monoisotopic (exact) mass is 309 g/mol. The fourth-order valence-corrected chi connectivity index (χ4v) is 2.81. The van der Waals surface area contributed by atoms with E-state index in [2.05, 4.69) is 11.8 Å². The van der Waals surface area contributed by atoms with Crippen molar-refractivity contribution in [3.63, 3.8) is 0 Å². The fourth-order valence-electron chi connectivity index (χ4n) is 2.57. The highest BCUT2D eigenvalue weighted by Gasteiger charge is 2.32. The topological polar surface area (TPSA) is 62.3 Å². The van der Waals surface area contributed by atoms with E-state index in [9.17, 15) is 0 Å². The van der Waals surface area contributed by atoms with Gasteiger partial charge in [0.1, 0.15) is 5.84 Å². The number of nitrogens with two attached hydrogens (primary N) is 1. The van der Waals surface area contributed by atoms with Crippen molar-refractivity contribution in [2.24, 2.45) is 11.7 Å². The number of methoxy groups -OCH3 is 1. The van der Waals surface area contributed by atoms with Crippen molar-refractivity contribution in [2.45, 2.75) is 32.4 Å². The molecule has 0 heterocycles. The zero-order valence-electron chi connectivity index (χ0n) is 12.7. The van der Waals surface area contributed by atoms with Crippen molar-refractivity contribution >= 4 is 17.4 Å². The number of ether oxygens (including phenoxy) is 1. The molecule has 1 unspecified atom stereocenters. The van der Waals surface area contributed by atoms with Crippen LogP contribution >= 0.6 is 11.6 Å². The molecular weight excluding hydrogens is 286 g/mol. The van der Waals surface area contributed by atoms with Crippen LogP contribution in [0.15, 0.2) is 18.2 Å². The SMILES string of the molecule is COCCN(Cc1ccc(C(=N)N)cc1Cl)C(C)C1CC1. The van der Waals surface area contributed by atoms with Gasteiger partial charge in [0.05, 0.1) is 6.61 Å². The molecule has 0 bridgehead atoms. The van der Waals surface area contributed by atoms with Gasteiger partial charge in [0.15, 0.2) is 0 Å². The van der Waals surface area contributed by atoms with Gasteiger partial charge in [0.25, 0.3) is 0 Å². The molecule has 1 fully saturated rings. The molecule has 116 valence electrons. The molecule has 0 saturated heterocycles. The Morgan fingerprint density at radius 2 is 2.24 bits per heavy atom. The molecule has 1 aromatic carbocycles. The quantitative estimate of drug-likeness (QED) is 0.573. The van der Waals surface area contributed by atoms with Gasteiger partial charge in [0, 0.05) is 36.8 Å². The van der Waals surface area contributed by atoms with E-state index in [1.54, 1.807) is 13.2 Å². The van der Waals surface area contributed by atoms with Gasteiger partial charge in [-0.3, -0.25) is 10.3 Å². The van der Waals surface area contributed by atoms with Crippen molar-refractivity contribution in [3.05, 3.63) is 34.3 Å². The van der Waals surface area contributed by atoms with Gasteiger partial charge in [-0.2, -0.15) is 0 Å². The molecule has 5 heteroatoms. The van der Waals surface area contributed by atoms with Crippen molar-refractivity contribution in [1.82, 2.24) is 4.90 Å². The summed E-state index contributed by atoms with van der Waals surface area (Å²) in [5, 5.41) is 8.13. The largest absolute Gasteiger partial charge is 0.384 e. The maximum absolute atomic E-state index is 7.46. The summed E-state index contributed by atoms with van der Waals surface area (Å²) in [5.41, 5.74) is 7.24. The van der Waals surface area contributed by atoms with Crippen molar-refractivity contribution < 1.29 is 4.74 Å². The second kappa shape index (κ2) is 7.25. The van der Waals surface area contributed by atoms with Crippen LogP contribution in [0.1, 0.15) is 30.9 Å². The lowest BCUT2D eigenvalue weighted by molar-refractivity contribution is 0.111. The molecular formula is C16H24ClN3O. The normalized spacial score (nSPS) is 16.2. The van der Waals surface area contributed by atoms with Crippen molar-refractivity contribution in [1.29, 1.82) is 5.41 Å². The molecule has 1 saturated carbocycles. The van der Waals surface area contributed by atoms with Crippen LogP contribution < -0.4 is 5.73 Å². The van der Waals surface area contributed by atoms with E-state index in [4.69, 9.17) is 27.5 Å². The zero-order valence-corrected chi connectivity index (χ0v) is 13.5. The highest BCUT2D eigenvalue weighted by atomic mass is 35.5. The Hall–Kier alpha value is -1.10. The summed E-state index contributed by atoms with van der Waals surface area (Å²) in [6, 6.07) is 6.15. The molecule has 3 N–H and O–H groups in total. The minimum atomic E-state index is 0.0473. The standard InChI is InChI=1S/C16H24ClN3O/c1-11(12-3-4-12)20(7-8-21-2)10-14-6-5-13(16(18)19)9-15(14)17/h5-6,9,11-12H,3-4,7-8,10H2,1-2H3,(H3,18,19). The van der Waals surface area contributed by atoms with E-state index in [0.29, 0.717) is 16.6 Å². The van der Waals surface area contributed by atoms with Crippen LogP contribution in [0.2, 0.25) is 5.02 Å². The molecule has 1 atom stereocenters. The number of amidine groups is 1. The summed E-state index contributed by atoms with van der Waals surface area (Å²) in [4.78, 5) is 2.43. The molecule has 4 nitrogen and oxygen atoms in total. The highest BCUT2D eigenvalue weighted by molar-refractivity contribution is 6.31. The van der Waals surface area contributed by atoms with Crippen LogP contribution in [-0.4, -0.2) is 37.0 Å². The lowest BCUT2D eigenvalue weighted by Gasteiger charge is -2.29. The molecule has 1 aromatic rings. The van der Waals surface area contributed by atoms with Crippen molar-refractivity contribution in [2.75, 3.05) is 20.3 Å². The summed E-state index contributed by atoms with van der Waals surface area (Å²) >= 11 is 6.34. The average molecular weight is 310 g/mol. The van der Waals surface area contributed by atoms with Gasteiger partial charge in [-0.15, -0.1) is 0 Å².